The molecule has 0 atom stereocenters. The second-order valence-corrected chi connectivity index (χ2v) is 5.52. The highest BCUT2D eigenvalue weighted by atomic mass is 19.3. The van der Waals surface area contributed by atoms with Crippen molar-refractivity contribution in [1.82, 2.24) is 14.9 Å². The topological polar surface area (TPSA) is 73.2 Å². The van der Waals surface area contributed by atoms with Gasteiger partial charge in [0.05, 0.1) is 11.0 Å². The molecule has 6 nitrogen and oxygen atoms in total. The molecule has 0 spiro atoms. The number of alkyl halides is 2. The van der Waals surface area contributed by atoms with Crippen LogP contribution in [0, 0.1) is 5.82 Å². The Morgan fingerprint density at radius 2 is 1.93 bits per heavy atom. The largest absolute Gasteiger partial charge is 0.456 e. The molecule has 140 valence electrons. The first-order valence-electron chi connectivity index (χ1n) is 7.89. The normalized spacial score (nSPS) is 11.0. The zero-order valence-electron chi connectivity index (χ0n) is 13.9. The van der Waals surface area contributed by atoms with Gasteiger partial charge in [-0.25, -0.2) is 9.37 Å². The third-order valence-electron chi connectivity index (χ3n) is 3.71. The lowest BCUT2D eigenvalue weighted by molar-refractivity contribution is -0.144. The van der Waals surface area contributed by atoms with E-state index >= 15 is 0 Å². The van der Waals surface area contributed by atoms with Gasteiger partial charge in [0.1, 0.15) is 19.0 Å². The summed E-state index contributed by atoms with van der Waals surface area (Å²) in [6, 6.07) is 11.2. The number of imidazole rings is 1. The molecule has 0 bridgehead atoms. The minimum Gasteiger partial charge on any atom is -0.456 e. The first-order chi connectivity index (χ1) is 13.0. The van der Waals surface area contributed by atoms with Crippen molar-refractivity contribution in [2.45, 2.75) is 13.2 Å². The maximum absolute atomic E-state index is 13.3. The molecule has 0 radical (unpaired) electrons. The lowest BCUT2D eigenvalue weighted by Crippen LogP contribution is -2.30. The minimum absolute atomic E-state index is 0.0438. The number of ether oxygens (including phenoxy) is 1. The monoisotopic (exact) mass is 377 g/mol. The number of para-hydroxylation sites is 2. The average molecular weight is 377 g/mol. The summed E-state index contributed by atoms with van der Waals surface area (Å²) in [5.41, 5.74) is 0.614. The molecular weight excluding hydrogens is 363 g/mol. The smallest absolute Gasteiger partial charge is 0.325 e. The molecule has 9 heteroatoms. The van der Waals surface area contributed by atoms with Gasteiger partial charge >= 0.3 is 12.5 Å². The van der Waals surface area contributed by atoms with Crippen LogP contribution in [0.4, 0.5) is 13.2 Å². The number of nitrogens with one attached hydrogen (secondary N) is 1. The summed E-state index contributed by atoms with van der Waals surface area (Å²) in [6.45, 7) is -3.82. The van der Waals surface area contributed by atoms with E-state index in [2.05, 4.69) is 10.3 Å². The van der Waals surface area contributed by atoms with Crippen molar-refractivity contribution in [3.05, 3.63) is 65.7 Å². The van der Waals surface area contributed by atoms with E-state index in [1.807, 2.05) is 0 Å². The highest BCUT2D eigenvalue weighted by Gasteiger charge is 2.19. The molecule has 27 heavy (non-hydrogen) atoms. The van der Waals surface area contributed by atoms with Crippen LogP contribution in [0.3, 0.4) is 0 Å². The van der Waals surface area contributed by atoms with Crippen LogP contribution in [0.5, 0.6) is 0 Å². The second-order valence-electron chi connectivity index (χ2n) is 5.52. The Bertz CT molecular complexity index is 988. The molecule has 1 N–H and O–H groups in total. The molecule has 0 aliphatic heterocycles. The zero-order chi connectivity index (χ0) is 19.4. The van der Waals surface area contributed by atoms with Crippen molar-refractivity contribution in [3.63, 3.8) is 0 Å². The molecule has 0 unspecified atom stereocenters. The quantitative estimate of drug-likeness (QED) is 0.670. The van der Waals surface area contributed by atoms with Crippen LogP contribution in [0.25, 0.3) is 11.0 Å². The van der Waals surface area contributed by atoms with Crippen LogP contribution in [-0.2, 0) is 16.1 Å². The Morgan fingerprint density at radius 1 is 1.15 bits per heavy atom. The van der Waals surface area contributed by atoms with Crippen LogP contribution in [0.15, 0.2) is 48.5 Å². The summed E-state index contributed by atoms with van der Waals surface area (Å²) < 4.78 is 45.2. The first-order valence-corrected chi connectivity index (χ1v) is 7.89. The lowest BCUT2D eigenvalue weighted by atomic mass is 10.2. The summed E-state index contributed by atoms with van der Waals surface area (Å²) in [5.74, 6) is -2.20. The number of nitrogens with zero attached hydrogens (tertiary/aromatic N) is 2. The standard InChI is InChI=1S/C18H14F3N3O3/c19-12-5-3-4-11(8-12)17(26)22-9-16(25)27-10-15-23-13-6-1-2-7-14(13)24(15)18(20)21/h1-8,18H,9-10H2,(H,22,26). The fourth-order valence-electron chi connectivity index (χ4n) is 2.49. The van der Waals surface area contributed by atoms with Gasteiger partial charge in [-0.2, -0.15) is 8.78 Å². The molecule has 2 aromatic carbocycles. The zero-order valence-corrected chi connectivity index (χ0v) is 13.9. The van der Waals surface area contributed by atoms with Gasteiger partial charge in [-0.05, 0) is 30.3 Å². The van der Waals surface area contributed by atoms with E-state index in [9.17, 15) is 22.8 Å². The molecule has 0 saturated heterocycles. The SMILES string of the molecule is O=C(CNC(=O)c1cccc(F)c1)OCc1nc2ccccc2n1C(F)F. The number of hydrogen-bond donors (Lipinski definition) is 1. The Hall–Kier alpha value is -3.36. The van der Waals surface area contributed by atoms with Gasteiger partial charge in [0.2, 0.25) is 0 Å². The van der Waals surface area contributed by atoms with E-state index in [1.54, 1.807) is 18.2 Å². The van der Waals surface area contributed by atoms with E-state index < -0.39 is 37.4 Å². The van der Waals surface area contributed by atoms with E-state index in [0.29, 0.717) is 10.1 Å². The van der Waals surface area contributed by atoms with Gasteiger partial charge in [0.15, 0.2) is 5.82 Å². The molecule has 0 fully saturated rings. The van der Waals surface area contributed by atoms with Crippen molar-refractivity contribution in [2.75, 3.05) is 6.54 Å². The van der Waals surface area contributed by atoms with Gasteiger partial charge in [-0.15, -0.1) is 0 Å². The number of carbonyl (C=O) groups is 2. The number of benzene rings is 2. The summed E-state index contributed by atoms with van der Waals surface area (Å²) in [5, 5.41) is 2.27. The van der Waals surface area contributed by atoms with E-state index in [1.165, 1.54) is 24.3 Å². The fourth-order valence-corrected chi connectivity index (χ4v) is 2.49. The highest BCUT2D eigenvalue weighted by molar-refractivity contribution is 5.95. The molecule has 1 aromatic heterocycles. The Balaban J connectivity index is 1.60. The van der Waals surface area contributed by atoms with E-state index in [-0.39, 0.29) is 16.9 Å². The predicted molar refractivity (Wildman–Crippen MR) is 89.5 cm³/mol. The van der Waals surface area contributed by atoms with Gasteiger partial charge in [-0.1, -0.05) is 18.2 Å². The van der Waals surface area contributed by atoms with Gasteiger partial charge < -0.3 is 10.1 Å². The number of hydrogen-bond acceptors (Lipinski definition) is 4. The summed E-state index contributed by atoms with van der Waals surface area (Å²) in [6.07, 6.45) is 0. The van der Waals surface area contributed by atoms with Crippen LogP contribution in [0.2, 0.25) is 0 Å². The molecule has 0 aliphatic carbocycles. The molecule has 3 aromatic rings. The number of fused-ring (bicyclic) bond motifs is 1. The van der Waals surface area contributed by atoms with Gasteiger partial charge in [0.25, 0.3) is 5.91 Å². The highest BCUT2D eigenvalue weighted by Crippen LogP contribution is 2.23. The predicted octanol–water partition coefficient (Wildman–Crippen LogP) is 3.04. The van der Waals surface area contributed by atoms with Crippen LogP contribution < -0.4 is 5.32 Å². The molecule has 1 amide bonds. The second kappa shape index (κ2) is 7.90. The van der Waals surface area contributed by atoms with Crippen LogP contribution in [0.1, 0.15) is 22.7 Å². The summed E-state index contributed by atoms with van der Waals surface area (Å²) in [7, 11) is 0. The van der Waals surface area contributed by atoms with E-state index in [4.69, 9.17) is 4.74 Å². The molecular formula is C18H14F3N3O3. The number of amides is 1. The van der Waals surface area contributed by atoms with Crippen LogP contribution >= 0.6 is 0 Å². The van der Waals surface area contributed by atoms with E-state index in [0.717, 1.165) is 6.07 Å². The minimum atomic E-state index is -2.85. The van der Waals surface area contributed by atoms with Crippen molar-refractivity contribution < 1.29 is 27.5 Å². The molecule has 0 aliphatic rings. The number of halogens is 3. The Labute approximate surface area is 151 Å². The maximum atomic E-state index is 13.3. The third kappa shape index (κ3) is 4.25. The van der Waals surface area contributed by atoms with Crippen molar-refractivity contribution in [3.8, 4) is 0 Å². The number of carbonyl (C=O) groups excluding carboxylic acids is 2. The molecule has 1 heterocycles. The van der Waals surface area contributed by atoms with Crippen LogP contribution in [-0.4, -0.2) is 28.0 Å². The summed E-state index contributed by atoms with van der Waals surface area (Å²) >= 11 is 0. The number of esters is 1. The maximum Gasteiger partial charge on any atom is 0.325 e. The lowest BCUT2D eigenvalue weighted by Gasteiger charge is -2.09. The van der Waals surface area contributed by atoms with Crippen molar-refractivity contribution >= 4 is 22.9 Å². The van der Waals surface area contributed by atoms with Gasteiger partial charge in [0, 0.05) is 5.56 Å². The fraction of sp³-hybridized carbons (Fsp3) is 0.167. The molecule has 3 rings (SSSR count). The molecule has 0 saturated carbocycles. The Morgan fingerprint density at radius 3 is 2.67 bits per heavy atom. The van der Waals surface area contributed by atoms with Crippen molar-refractivity contribution in [1.29, 1.82) is 0 Å². The number of rotatable bonds is 6. The first kappa shape index (κ1) is 18.4. The summed E-state index contributed by atoms with van der Waals surface area (Å²) in [4.78, 5) is 27.7. The average Bonchev–Trinajstić information content (AvgIpc) is 3.03. The van der Waals surface area contributed by atoms with Gasteiger partial charge in [-0.3, -0.25) is 14.2 Å². The Kier molecular flexibility index (Phi) is 5.39. The van der Waals surface area contributed by atoms with Crippen molar-refractivity contribution in [2.24, 2.45) is 0 Å². The number of aromatic nitrogens is 2. The third-order valence-corrected chi connectivity index (χ3v) is 3.71.